The van der Waals surface area contributed by atoms with Gasteiger partial charge in [-0.1, -0.05) is 11.6 Å². The molecular formula is C11H11BrClN5O3S. The maximum atomic E-state index is 12.2. The molecule has 0 radical (unpaired) electrons. The number of ether oxygens (including phenoxy) is 1. The Labute approximate surface area is 140 Å². The maximum absolute atomic E-state index is 12.2. The number of hydrogen-bond acceptors (Lipinski definition) is 7. The van der Waals surface area contributed by atoms with Crippen molar-refractivity contribution in [2.45, 2.75) is 4.90 Å². The van der Waals surface area contributed by atoms with Crippen LogP contribution in [0.2, 0.25) is 5.15 Å². The van der Waals surface area contributed by atoms with Gasteiger partial charge in [-0.25, -0.2) is 13.4 Å². The zero-order valence-corrected chi connectivity index (χ0v) is 14.3. The van der Waals surface area contributed by atoms with E-state index in [9.17, 15) is 8.42 Å². The van der Waals surface area contributed by atoms with Crippen LogP contribution in [0, 0.1) is 0 Å². The summed E-state index contributed by atoms with van der Waals surface area (Å²) in [6, 6.07) is 5.65. The molecule has 0 fully saturated rings. The number of halogens is 2. The number of hydrazine groups is 1. The molecule has 0 bridgehead atoms. The first kappa shape index (κ1) is 16.7. The van der Waals surface area contributed by atoms with Crippen molar-refractivity contribution in [2.24, 2.45) is 0 Å². The first-order valence-corrected chi connectivity index (χ1v) is 8.38. The van der Waals surface area contributed by atoms with Gasteiger partial charge in [-0.05, 0) is 34.1 Å². The molecule has 0 saturated heterocycles. The zero-order chi connectivity index (χ0) is 16.3. The number of nitrogen functional groups attached to an aromatic ring is 1. The number of rotatable bonds is 5. The van der Waals surface area contributed by atoms with Gasteiger partial charge < -0.3 is 10.5 Å². The molecule has 0 spiro atoms. The number of hydrogen-bond donors (Lipinski definition) is 3. The zero-order valence-electron chi connectivity index (χ0n) is 11.2. The third-order valence-corrected chi connectivity index (χ3v) is 4.52. The van der Waals surface area contributed by atoms with Crippen molar-refractivity contribution < 1.29 is 13.2 Å². The molecule has 2 rings (SSSR count). The molecule has 118 valence electrons. The molecule has 1 aromatic carbocycles. The molecule has 22 heavy (non-hydrogen) atoms. The van der Waals surface area contributed by atoms with E-state index in [4.69, 9.17) is 22.1 Å². The fourth-order valence-corrected chi connectivity index (χ4v) is 3.25. The summed E-state index contributed by atoms with van der Waals surface area (Å²) in [6.45, 7) is 0. The Hall–Kier alpha value is -1.62. The summed E-state index contributed by atoms with van der Waals surface area (Å²) in [4.78, 5) is 9.65. The monoisotopic (exact) mass is 407 g/mol. The second kappa shape index (κ2) is 6.65. The molecule has 8 nitrogen and oxygen atoms in total. The van der Waals surface area contributed by atoms with Crippen LogP contribution in [0.25, 0.3) is 0 Å². The number of sulfonamides is 1. The van der Waals surface area contributed by atoms with E-state index in [0.29, 0.717) is 10.2 Å². The number of methoxy groups -OCH3 is 1. The highest BCUT2D eigenvalue weighted by atomic mass is 79.9. The van der Waals surface area contributed by atoms with Gasteiger partial charge >= 0.3 is 0 Å². The predicted octanol–water partition coefficient (Wildman–Crippen LogP) is 1.79. The van der Waals surface area contributed by atoms with E-state index in [-0.39, 0.29) is 21.8 Å². The van der Waals surface area contributed by atoms with Crippen LogP contribution < -0.4 is 20.7 Å². The first-order chi connectivity index (χ1) is 10.3. The van der Waals surface area contributed by atoms with Gasteiger partial charge in [0.25, 0.3) is 10.0 Å². The van der Waals surface area contributed by atoms with Crippen LogP contribution in [0.5, 0.6) is 5.75 Å². The maximum Gasteiger partial charge on any atom is 0.257 e. The molecule has 2 aromatic rings. The fraction of sp³-hybridized carbons (Fsp3) is 0.0909. The molecule has 0 unspecified atom stereocenters. The van der Waals surface area contributed by atoms with Crippen LogP contribution in [0.4, 0.5) is 11.8 Å². The van der Waals surface area contributed by atoms with Gasteiger partial charge in [0.05, 0.1) is 16.5 Å². The number of nitrogens with one attached hydrogen (secondary N) is 2. The minimum atomic E-state index is -3.82. The Morgan fingerprint density at radius 3 is 2.64 bits per heavy atom. The van der Waals surface area contributed by atoms with Gasteiger partial charge in [0.2, 0.25) is 5.95 Å². The number of nitrogens with zero attached hydrogens (tertiary/aromatic N) is 2. The number of nitrogens with two attached hydrogens (primary N) is 1. The Bertz CT molecular complexity index is 782. The van der Waals surface area contributed by atoms with Crippen LogP contribution >= 0.6 is 27.5 Å². The third-order valence-electron chi connectivity index (χ3n) is 2.46. The number of benzene rings is 1. The number of aromatic nitrogens is 2. The molecule has 0 atom stereocenters. The van der Waals surface area contributed by atoms with E-state index in [1.807, 2.05) is 0 Å². The average molecular weight is 409 g/mol. The van der Waals surface area contributed by atoms with Crippen molar-refractivity contribution in [1.82, 2.24) is 14.8 Å². The highest BCUT2D eigenvalue weighted by molar-refractivity contribution is 9.10. The second-order valence-electron chi connectivity index (χ2n) is 3.96. The Kier molecular flexibility index (Phi) is 5.06. The van der Waals surface area contributed by atoms with E-state index in [1.54, 1.807) is 0 Å². The Morgan fingerprint density at radius 2 is 2.05 bits per heavy atom. The van der Waals surface area contributed by atoms with Crippen LogP contribution in [0.15, 0.2) is 33.6 Å². The van der Waals surface area contributed by atoms with E-state index < -0.39 is 10.0 Å². The van der Waals surface area contributed by atoms with Gasteiger partial charge in [0.15, 0.2) is 0 Å². The lowest BCUT2D eigenvalue weighted by molar-refractivity contribution is 0.411. The van der Waals surface area contributed by atoms with Crippen LogP contribution in [0.1, 0.15) is 0 Å². The van der Waals surface area contributed by atoms with E-state index >= 15 is 0 Å². The van der Waals surface area contributed by atoms with Crippen LogP contribution in [-0.2, 0) is 10.0 Å². The largest absolute Gasteiger partial charge is 0.496 e. The summed E-state index contributed by atoms with van der Waals surface area (Å²) in [7, 11) is -2.34. The van der Waals surface area contributed by atoms with Gasteiger partial charge in [0, 0.05) is 6.07 Å². The standard InChI is InChI=1S/C11H11BrClN5O3S/c1-21-8-3-2-6(4-7(8)12)22(19,20)18-17-10-5-9(13)15-11(14)16-10/h2-5,18H,1H3,(H3,14,15,16,17). The molecular weight excluding hydrogens is 398 g/mol. The molecule has 0 aliphatic heterocycles. The third kappa shape index (κ3) is 3.97. The van der Waals surface area contributed by atoms with Crippen molar-refractivity contribution in [1.29, 1.82) is 0 Å². The minimum absolute atomic E-state index is 0.0285. The molecule has 0 aliphatic carbocycles. The van der Waals surface area contributed by atoms with Gasteiger partial charge in [-0.3, -0.25) is 5.43 Å². The van der Waals surface area contributed by atoms with Gasteiger partial charge in [-0.15, -0.1) is 4.83 Å². The molecule has 0 aliphatic rings. The second-order valence-corrected chi connectivity index (χ2v) is 6.88. The van der Waals surface area contributed by atoms with Crippen LogP contribution in [0.3, 0.4) is 0 Å². The SMILES string of the molecule is COc1ccc(S(=O)(=O)NNc2cc(Cl)nc(N)n2)cc1Br. The van der Waals surface area contributed by atoms with Crippen molar-refractivity contribution in [2.75, 3.05) is 18.3 Å². The smallest absolute Gasteiger partial charge is 0.257 e. The fourth-order valence-electron chi connectivity index (χ4n) is 1.49. The lowest BCUT2D eigenvalue weighted by Gasteiger charge is -2.10. The Balaban J connectivity index is 2.19. The van der Waals surface area contributed by atoms with Crippen molar-refractivity contribution in [3.05, 3.63) is 33.9 Å². The summed E-state index contributed by atoms with van der Waals surface area (Å²) in [5, 5.41) is 0.0846. The highest BCUT2D eigenvalue weighted by Gasteiger charge is 2.16. The number of anilines is 2. The Morgan fingerprint density at radius 1 is 1.32 bits per heavy atom. The molecule has 0 amide bonds. The normalized spacial score (nSPS) is 11.2. The highest BCUT2D eigenvalue weighted by Crippen LogP contribution is 2.27. The summed E-state index contributed by atoms with van der Waals surface area (Å²) in [5.74, 6) is 0.553. The van der Waals surface area contributed by atoms with Crippen molar-refractivity contribution in [3.63, 3.8) is 0 Å². The minimum Gasteiger partial charge on any atom is -0.496 e. The summed E-state index contributed by atoms with van der Waals surface area (Å²) >= 11 is 8.93. The molecule has 1 aromatic heterocycles. The lowest BCUT2D eigenvalue weighted by atomic mass is 10.3. The molecule has 0 saturated carbocycles. The van der Waals surface area contributed by atoms with Gasteiger partial charge in [-0.2, -0.15) is 4.98 Å². The quantitative estimate of drug-likeness (QED) is 0.509. The summed E-state index contributed by atoms with van der Waals surface area (Å²) in [5.41, 5.74) is 7.83. The van der Waals surface area contributed by atoms with E-state index in [1.165, 1.54) is 31.4 Å². The predicted molar refractivity (Wildman–Crippen MR) is 86.1 cm³/mol. The van der Waals surface area contributed by atoms with E-state index in [2.05, 4.69) is 36.2 Å². The van der Waals surface area contributed by atoms with Gasteiger partial charge in [0.1, 0.15) is 16.7 Å². The molecule has 4 N–H and O–H groups in total. The topological polar surface area (TPSA) is 119 Å². The first-order valence-electron chi connectivity index (χ1n) is 5.73. The molecule has 11 heteroatoms. The van der Waals surface area contributed by atoms with Crippen molar-refractivity contribution in [3.8, 4) is 5.75 Å². The molecule has 1 heterocycles. The lowest BCUT2D eigenvalue weighted by Crippen LogP contribution is -2.30. The van der Waals surface area contributed by atoms with Crippen molar-refractivity contribution >= 4 is 49.3 Å². The van der Waals surface area contributed by atoms with Crippen LogP contribution in [-0.4, -0.2) is 25.5 Å². The average Bonchev–Trinajstić information content (AvgIpc) is 2.44. The summed E-state index contributed by atoms with van der Waals surface area (Å²) < 4.78 is 29.9. The summed E-state index contributed by atoms with van der Waals surface area (Å²) in [6.07, 6.45) is 0. The van der Waals surface area contributed by atoms with E-state index in [0.717, 1.165) is 0 Å².